The predicted molar refractivity (Wildman–Crippen MR) is 339 cm³/mol. The molecule has 0 bridgehead atoms. The summed E-state index contributed by atoms with van der Waals surface area (Å²) in [5.41, 5.74) is 0. The molecule has 0 aromatic heterocycles. The summed E-state index contributed by atoms with van der Waals surface area (Å²) < 4.78 is 16.8. The highest BCUT2D eigenvalue weighted by Gasteiger charge is 2.19. The molecule has 0 aliphatic rings. The third kappa shape index (κ3) is 63.4. The van der Waals surface area contributed by atoms with Crippen LogP contribution in [0.1, 0.15) is 335 Å². The molecule has 0 aromatic carbocycles. The zero-order valence-electron chi connectivity index (χ0n) is 51.7. The molecular weight excluding hydrogens is 961 g/mol. The Morgan fingerprint density at radius 3 is 0.885 bits per heavy atom. The lowest BCUT2D eigenvalue weighted by molar-refractivity contribution is -0.166. The van der Waals surface area contributed by atoms with Gasteiger partial charge in [-0.3, -0.25) is 14.4 Å². The van der Waals surface area contributed by atoms with Crippen LogP contribution < -0.4 is 0 Å². The first-order chi connectivity index (χ1) is 38.5. The summed E-state index contributed by atoms with van der Waals surface area (Å²) in [6.45, 7) is 6.43. The lowest BCUT2D eigenvalue weighted by atomic mass is 10.0. The number of rotatable bonds is 61. The van der Waals surface area contributed by atoms with Crippen molar-refractivity contribution in [2.45, 2.75) is 341 Å². The van der Waals surface area contributed by atoms with Gasteiger partial charge in [0.25, 0.3) is 0 Å². The zero-order valence-corrected chi connectivity index (χ0v) is 51.7. The topological polar surface area (TPSA) is 78.9 Å². The highest BCUT2D eigenvalue weighted by Crippen LogP contribution is 2.18. The first-order valence-corrected chi connectivity index (χ1v) is 33.6. The SMILES string of the molecule is CC/C=C\C/C=C\C/C=C\C/C=C\C/C=C\CC(=O)OC(COC(=O)CCCCCCC/C=C\C/C=C\CCCC)COC(=O)CCCCCCCCCCCCCCCCCCCCCCCCCCCCCCCCC. The maximum absolute atomic E-state index is 12.8. The smallest absolute Gasteiger partial charge is 0.310 e. The predicted octanol–water partition coefficient (Wildman–Crippen LogP) is 23.1. The van der Waals surface area contributed by atoms with Crippen LogP contribution >= 0.6 is 0 Å². The Bertz CT molecular complexity index is 1480. The second-order valence-corrected chi connectivity index (χ2v) is 22.4. The van der Waals surface area contributed by atoms with Crippen molar-refractivity contribution in [3.05, 3.63) is 85.1 Å². The molecule has 0 amide bonds. The number of hydrogen-bond donors (Lipinski definition) is 0. The molecule has 1 unspecified atom stereocenters. The Labute approximate surface area is 484 Å². The summed E-state index contributed by atoms with van der Waals surface area (Å²) in [6, 6.07) is 0. The van der Waals surface area contributed by atoms with Crippen molar-refractivity contribution in [2.75, 3.05) is 13.2 Å². The van der Waals surface area contributed by atoms with Crippen molar-refractivity contribution in [2.24, 2.45) is 0 Å². The zero-order chi connectivity index (χ0) is 56.4. The lowest BCUT2D eigenvalue weighted by Gasteiger charge is -2.18. The van der Waals surface area contributed by atoms with Gasteiger partial charge in [-0.15, -0.1) is 0 Å². The van der Waals surface area contributed by atoms with Crippen LogP contribution in [-0.2, 0) is 28.6 Å². The summed E-state index contributed by atoms with van der Waals surface area (Å²) >= 11 is 0. The molecule has 0 aliphatic carbocycles. The largest absolute Gasteiger partial charge is 0.462 e. The van der Waals surface area contributed by atoms with E-state index in [2.05, 4.69) is 93.7 Å². The van der Waals surface area contributed by atoms with E-state index in [0.29, 0.717) is 12.8 Å². The first kappa shape index (κ1) is 74.6. The number of hydrogen-bond acceptors (Lipinski definition) is 6. The highest BCUT2D eigenvalue weighted by molar-refractivity contribution is 5.72. The van der Waals surface area contributed by atoms with Crippen molar-refractivity contribution in [1.29, 1.82) is 0 Å². The van der Waals surface area contributed by atoms with Crippen LogP contribution in [0.3, 0.4) is 0 Å². The van der Waals surface area contributed by atoms with Gasteiger partial charge in [0, 0.05) is 12.8 Å². The van der Waals surface area contributed by atoms with Crippen molar-refractivity contribution in [3.8, 4) is 0 Å². The molecule has 450 valence electrons. The number of allylic oxidation sites excluding steroid dienone is 13. The number of carbonyl (C=O) groups is 3. The average molecular weight is 1090 g/mol. The second-order valence-electron chi connectivity index (χ2n) is 22.4. The van der Waals surface area contributed by atoms with Gasteiger partial charge in [-0.25, -0.2) is 0 Å². The quantitative estimate of drug-likeness (QED) is 0.0261. The van der Waals surface area contributed by atoms with Gasteiger partial charge in [-0.1, -0.05) is 331 Å². The van der Waals surface area contributed by atoms with Gasteiger partial charge in [-0.2, -0.15) is 0 Å². The van der Waals surface area contributed by atoms with Gasteiger partial charge < -0.3 is 14.2 Å². The fourth-order valence-electron chi connectivity index (χ4n) is 9.66. The second kappa shape index (κ2) is 66.1. The molecule has 0 rings (SSSR count). The van der Waals surface area contributed by atoms with E-state index in [9.17, 15) is 14.4 Å². The van der Waals surface area contributed by atoms with E-state index in [0.717, 1.165) is 96.3 Å². The Morgan fingerprint density at radius 1 is 0.282 bits per heavy atom. The fraction of sp³-hybridized carbons (Fsp3) is 0.764. The van der Waals surface area contributed by atoms with Crippen LogP contribution in [0, 0.1) is 0 Å². The molecule has 0 heterocycles. The Hall–Kier alpha value is -3.41. The Balaban J connectivity index is 4.21. The van der Waals surface area contributed by atoms with Crippen LogP contribution in [0.5, 0.6) is 0 Å². The monoisotopic (exact) mass is 1090 g/mol. The minimum absolute atomic E-state index is 0.0947. The van der Waals surface area contributed by atoms with E-state index in [1.807, 2.05) is 6.08 Å². The molecular formula is C72H126O6. The molecule has 0 radical (unpaired) electrons. The van der Waals surface area contributed by atoms with Crippen molar-refractivity contribution in [1.82, 2.24) is 0 Å². The van der Waals surface area contributed by atoms with Crippen LogP contribution in [0.4, 0.5) is 0 Å². The molecule has 78 heavy (non-hydrogen) atoms. The molecule has 0 saturated heterocycles. The van der Waals surface area contributed by atoms with Crippen LogP contribution in [0.25, 0.3) is 0 Å². The molecule has 0 N–H and O–H groups in total. The van der Waals surface area contributed by atoms with Gasteiger partial charge in [0.15, 0.2) is 6.10 Å². The summed E-state index contributed by atoms with van der Waals surface area (Å²) in [4.78, 5) is 38.2. The van der Waals surface area contributed by atoms with Crippen LogP contribution in [0.2, 0.25) is 0 Å². The molecule has 0 fully saturated rings. The molecule has 1 atom stereocenters. The van der Waals surface area contributed by atoms with E-state index in [1.165, 1.54) is 199 Å². The number of unbranched alkanes of at least 4 members (excludes halogenated alkanes) is 37. The minimum atomic E-state index is -0.837. The minimum Gasteiger partial charge on any atom is -0.462 e. The van der Waals surface area contributed by atoms with Crippen LogP contribution in [-0.4, -0.2) is 37.2 Å². The van der Waals surface area contributed by atoms with E-state index in [-0.39, 0.29) is 31.6 Å². The van der Waals surface area contributed by atoms with Gasteiger partial charge in [0.05, 0.1) is 6.42 Å². The first-order valence-electron chi connectivity index (χ1n) is 33.6. The van der Waals surface area contributed by atoms with Crippen molar-refractivity contribution in [3.63, 3.8) is 0 Å². The van der Waals surface area contributed by atoms with Gasteiger partial charge >= 0.3 is 17.9 Å². The maximum Gasteiger partial charge on any atom is 0.310 e. The fourth-order valence-corrected chi connectivity index (χ4v) is 9.66. The normalized spacial score (nSPS) is 12.6. The Kier molecular flexibility index (Phi) is 63.2. The number of esters is 3. The third-order valence-corrected chi connectivity index (χ3v) is 14.7. The van der Waals surface area contributed by atoms with Crippen molar-refractivity contribution < 1.29 is 28.6 Å². The lowest BCUT2D eigenvalue weighted by Crippen LogP contribution is -2.30. The molecule has 0 saturated carbocycles. The molecule has 0 aromatic rings. The van der Waals surface area contributed by atoms with Crippen molar-refractivity contribution >= 4 is 17.9 Å². The van der Waals surface area contributed by atoms with E-state index < -0.39 is 12.1 Å². The van der Waals surface area contributed by atoms with Gasteiger partial charge in [0.2, 0.25) is 0 Å². The van der Waals surface area contributed by atoms with E-state index in [4.69, 9.17) is 14.2 Å². The molecule has 6 heteroatoms. The van der Waals surface area contributed by atoms with Crippen LogP contribution in [0.15, 0.2) is 85.1 Å². The number of ether oxygens (including phenoxy) is 3. The van der Waals surface area contributed by atoms with Gasteiger partial charge in [0.1, 0.15) is 13.2 Å². The maximum atomic E-state index is 12.8. The summed E-state index contributed by atoms with van der Waals surface area (Å²) in [7, 11) is 0. The third-order valence-electron chi connectivity index (χ3n) is 14.7. The molecule has 0 aliphatic heterocycles. The average Bonchev–Trinajstić information content (AvgIpc) is 3.44. The summed E-state index contributed by atoms with van der Waals surface area (Å²) in [5.74, 6) is -1.05. The van der Waals surface area contributed by atoms with E-state index in [1.54, 1.807) is 6.08 Å². The molecule has 0 spiro atoms. The highest BCUT2D eigenvalue weighted by atomic mass is 16.6. The standard InChI is InChI=1S/C72H126O6/c1-4-7-10-13-16-19-22-25-28-29-30-31-32-33-34-35-36-37-38-39-40-41-42-43-45-47-50-53-56-59-62-65-71(74)77-68-69(67-76-70(73)64-61-58-55-52-49-46-27-24-21-18-15-12-9-6-3)78-72(75)66-63-60-57-54-51-48-44-26-23-20-17-14-11-8-5-2/h8,11,15,17-18,20,24,26-27,44,51,54,60,63,69H,4-7,9-10,12-14,16,19,21-23,25,28-43,45-50,52-53,55-59,61-62,64-68H2,1-3H3/b11-8-,18-15-,20-17-,27-24-,44-26-,54-51-,63-60-. The summed E-state index contributed by atoms with van der Waals surface area (Å²) in [5, 5.41) is 0. The Morgan fingerprint density at radius 2 is 0.551 bits per heavy atom. The number of carbonyl (C=O) groups excluding carboxylic acids is 3. The molecule has 6 nitrogen and oxygen atoms in total. The van der Waals surface area contributed by atoms with Gasteiger partial charge in [-0.05, 0) is 70.6 Å². The summed E-state index contributed by atoms with van der Waals surface area (Å²) in [6.07, 6.45) is 88.0. The van der Waals surface area contributed by atoms with E-state index >= 15 is 0 Å².